The molecule has 1 aromatic rings. The molecule has 0 bridgehead atoms. The molecule has 0 unspecified atom stereocenters. The molecule has 1 aliphatic rings. The van der Waals surface area contributed by atoms with Gasteiger partial charge in [0.2, 0.25) is 0 Å². The van der Waals surface area contributed by atoms with Crippen molar-refractivity contribution in [3.8, 4) is 5.75 Å². The van der Waals surface area contributed by atoms with Gasteiger partial charge in [0.15, 0.2) is 0 Å². The minimum Gasteiger partial charge on any atom is -0.508 e. The van der Waals surface area contributed by atoms with Gasteiger partial charge in [-0.2, -0.15) is 0 Å². The smallest absolute Gasteiger partial charge is 0.117 e. The van der Waals surface area contributed by atoms with Crippen LogP contribution in [0.2, 0.25) is 0 Å². The molecule has 0 amide bonds. The van der Waals surface area contributed by atoms with Gasteiger partial charge in [-0.1, -0.05) is 6.07 Å². The lowest BCUT2D eigenvalue weighted by atomic mass is 10.0. The summed E-state index contributed by atoms with van der Waals surface area (Å²) in [5.41, 5.74) is 7.59. The number of nitrogen functional groups attached to an aromatic ring is 1. The Balaban J connectivity index is 2.29. The third-order valence-corrected chi connectivity index (χ3v) is 2.51. The molecular formula is C10H14N2O. The van der Waals surface area contributed by atoms with Crippen LogP contribution in [-0.2, 0) is 0 Å². The molecule has 0 spiro atoms. The molecule has 13 heavy (non-hydrogen) atoms. The number of nitrogens with two attached hydrogens (primary N) is 1. The minimum absolute atomic E-state index is 0.235. The Morgan fingerprint density at radius 2 is 2.31 bits per heavy atom. The van der Waals surface area contributed by atoms with Crippen LogP contribution in [0.5, 0.6) is 5.75 Å². The van der Waals surface area contributed by atoms with Gasteiger partial charge in [0.25, 0.3) is 0 Å². The third kappa shape index (κ3) is 1.60. The number of hydrogen-bond acceptors (Lipinski definition) is 3. The van der Waals surface area contributed by atoms with Crippen LogP contribution in [0.3, 0.4) is 0 Å². The van der Waals surface area contributed by atoms with Crippen LogP contribution in [0, 0.1) is 0 Å². The zero-order chi connectivity index (χ0) is 9.26. The van der Waals surface area contributed by atoms with Gasteiger partial charge in [-0.15, -0.1) is 0 Å². The number of hydrogen-bond donors (Lipinski definition) is 3. The van der Waals surface area contributed by atoms with Gasteiger partial charge in [-0.05, 0) is 31.0 Å². The second-order valence-electron chi connectivity index (χ2n) is 3.46. The standard InChI is InChI=1S/C10H14N2O/c11-9-6-7(13)3-4-8(9)10-2-1-5-12-10/h3-4,6,10,12-13H,1-2,5,11H2/t10-/m0/s1. The molecule has 0 aliphatic carbocycles. The Bertz CT molecular complexity index is 306. The number of phenols is 1. The van der Waals surface area contributed by atoms with Crippen LogP contribution in [0.15, 0.2) is 18.2 Å². The summed E-state index contributed by atoms with van der Waals surface area (Å²) in [7, 11) is 0. The first-order valence-electron chi connectivity index (χ1n) is 4.59. The second-order valence-corrected chi connectivity index (χ2v) is 3.46. The van der Waals surface area contributed by atoms with Crippen molar-refractivity contribution in [2.75, 3.05) is 12.3 Å². The lowest BCUT2D eigenvalue weighted by Crippen LogP contribution is -2.14. The lowest BCUT2D eigenvalue weighted by Gasteiger charge is -2.13. The van der Waals surface area contributed by atoms with Gasteiger partial charge in [-0.25, -0.2) is 0 Å². The fraction of sp³-hybridized carbons (Fsp3) is 0.400. The predicted octanol–water partition coefficient (Wildman–Crippen LogP) is 1.40. The average molecular weight is 178 g/mol. The largest absolute Gasteiger partial charge is 0.508 e. The van der Waals surface area contributed by atoms with Crippen LogP contribution in [0.1, 0.15) is 24.4 Å². The van der Waals surface area contributed by atoms with E-state index < -0.39 is 0 Å². The van der Waals surface area contributed by atoms with Crippen molar-refractivity contribution in [1.82, 2.24) is 5.32 Å². The summed E-state index contributed by atoms with van der Waals surface area (Å²) < 4.78 is 0. The first-order valence-corrected chi connectivity index (χ1v) is 4.59. The highest BCUT2D eigenvalue weighted by Gasteiger charge is 2.17. The molecule has 0 aromatic heterocycles. The quantitative estimate of drug-likeness (QED) is 0.570. The van der Waals surface area contributed by atoms with Crippen LogP contribution in [0.25, 0.3) is 0 Å². The van der Waals surface area contributed by atoms with Crippen molar-refractivity contribution in [2.24, 2.45) is 0 Å². The van der Waals surface area contributed by atoms with Crippen LogP contribution in [-0.4, -0.2) is 11.7 Å². The Labute approximate surface area is 77.6 Å². The molecule has 0 radical (unpaired) electrons. The Hall–Kier alpha value is -1.22. The minimum atomic E-state index is 0.235. The molecule has 1 atom stereocenters. The summed E-state index contributed by atoms with van der Waals surface area (Å²) >= 11 is 0. The second kappa shape index (κ2) is 3.26. The van der Waals surface area contributed by atoms with E-state index in [4.69, 9.17) is 5.73 Å². The van der Waals surface area contributed by atoms with Gasteiger partial charge >= 0.3 is 0 Å². The van der Waals surface area contributed by atoms with Crippen molar-refractivity contribution in [3.63, 3.8) is 0 Å². The molecule has 1 saturated heterocycles. The van der Waals surface area contributed by atoms with Crippen LogP contribution in [0.4, 0.5) is 5.69 Å². The maximum absolute atomic E-state index is 9.18. The maximum atomic E-state index is 9.18. The van der Waals surface area contributed by atoms with E-state index >= 15 is 0 Å². The van der Waals surface area contributed by atoms with Gasteiger partial charge < -0.3 is 16.2 Å². The van der Waals surface area contributed by atoms with Gasteiger partial charge in [0, 0.05) is 17.8 Å². The van der Waals surface area contributed by atoms with E-state index in [2.05, 4.69) is 5.32 Å². The lowest BCUT2D eigenvalue weighted by molar-refractivity contribution is 0.475. The highest BCUT2D eigenvalue weighted by molar-refractivity contribution is 5.52. The summed E-state index contributed by atoms with van der Waals surface area (Å²) in [5, 5.41) is 12.6. The first kappa shape index (κ1) is 8.38. The van der Waals surface area contributed by atoms with E-state index in [0.717, 1.165) is 18.5 Å². The van der Waals surface area contributed by atoms with E-state index in [9.17, 15) is 5.11 Å². The number of nitrogens with one attached hydrogen (secondary N) is 1. The zero-order valence-corrected chi connectivity index (χ0v) is 7.46. The molecule has 3 nitrogen and oxygen atoms in total. The van der Waals surface area contributed by atoms with Crippen molar-refractivity contribution in [1.29, 1.82) is 0 Å². The Morgan fingerprint density at radius 1 is 1.46 bits per heavy atom. The van der Waals surface area contributed by atoms with Gasteiger partial charge in [0.05, 0.1) is 0 Å². The van der Waals surface area contributed by atoms with E-state index in [1.807, 2.05) is 6.07 Å². The number of aromatic hydroxyl groups is 1. The third-order valence-electron chi connectivity index (χ3n) is 2.51. The van der Waals surface area contributed by atoms with Crippen molar-refractivity contribution < 1.29 is 5.11 Å². The average Bonchev–Trinajstić information content (AvgIpc) is 2.56. The van der Waals surface area contributed by atoms with Crippen molar-refractivity contribution in [2.45, 2.75) is 18.9 Å². The number of phenolic OH excluding ortho intramolecular Hbond substituents is 1. The molecule has 1 aliphatic heterocycles. The monoisotopic (exact) mass is 178 g/mol. The molecule has 1 fully saturated rings. The SMILES string of the molecule is Nc1cc(O)ccc1[C@@H]1CCCN1. The highest BCUT2D eigenvalue weighted by Crippen LogP contribution is 2.29. The Kier molecular flexibility index (Phi) is 2.10. The number of anilines is 1. The molecule has 4 N–H and O–H groups in total. The van der Waals surface area contributed by atoms with Gasteiger partial charge in [0.1, 0.15) is 5.75 Å². The summed E-state index contributed by atoms with van der Waals surface area (Å²) in [4.78, 5) is 0. The summed E-state index contributed by atoms with van der Waals surface area (Å²) in [5.74, 6) is 0.235. The fourth-order valence-electron chi connectivity index (χ4n) is 1.83. The fourth-order valence-corrected chi connectivity index (χ4v) is 1.83. The van der Waals surface area contributed by atoms with E-state index in [1.165, 1.54) is 6.42 Å². The molecule has 1 heterocycles. The summed E-state index contributed by atoms with van der Waals surface area (Å²) in [6.45, 7) is 1.06. The molecule has 0 saturated carbocycles. The molecule has 1 aromatic carbocycles. The molecule has 3 heteroatoms. The topological polar surface area (TPSA) is 58.3 Å². The normalized spacial score (nSPS) is 22.0. The van der Waals surface area contributed by atoms with Crippen LogP contribution < -0.4 is 11.1 Å². The number of benzene rings is 1. The maximum Gasteiger partial charge on any atom is 0.117 e. The summed E-state index contributed by atoms with van der Waals surface area (Å²) in [6, 6.07) is 5.56. The van der Waals surface area contributed by atoms with Crippen LogP contribution >= 0.6 is 0 Å². The predicted molar refractivity (Wildman–Crippen MR) is 52.5 cm³/mol. The van der Waals surface area contributed by atoms with Crippen molar-refractivity contribution >= 4 is 5.69 Å². The zero-order valence-electron chi connectivity index (χ0n) is 7.46. The van der Waals surface area contributed by atoms with E-state index in [-0.39, 0.29) is 5.75 Å². The number of rotatable bonds is 1. The first-order chi connectivity index (χ1) is 6.27. The Morgan fingerprint density at radius 3 is 2.92 bits per heavy atom. The molecule has 2 rings (SSSR count). The molecular weight excluding hydrogens is 164 g/mol. The summed E-state index contributed by atoms with van der Waals surface area (Å²) in [6.07, 6.45) is 2.33. The molecule has 70 valence electrons. The highest BCUT2D eigenvalue weighted by atomic mass is 16.3. The van der Waals surface area contributed by atoms with E-state index in [1.54, 1.807) is 12.1 Å². The van der Waals surface area contributed by atoms with E-state index in [0.29, 0.717) is 11.7 Å². The van der Waals surface area contributed by atoms with Crippen molar-refractivity contribution in [3.05, 3.63) is 23.8 Å². The van der Waals surface area contributed by atoms with Gasteiger partial charge in [-0.3, -0.25) is 0 Å².